The zero-order chi connectivity index (χ0) is 35.4. The molecule has 1 aliphatic rings. The summed E-state index contributed by atoms with van der Waals surface area (Å²) in [5.41, 5.74) is 0. The van der Waals surface area contributed by atoms with Gasteiger partial charge in [0, 0.05) is 28.4 Å². The zero-order valence-electron chi connectivity index (χ0n) is 28.2. The maximum Gasteiger partial charge on any atom is 0.310 e. The number of carbonyl (C=O) groups is 4. The predicted octanol–water partition coefficient (Wildman–Crippen LogP) is -0.164. The second kappa shape index (κ2) is 28.0. The van der Waals surface area contributed by atoms with Crippen LogP contribution in [-0.2, 0) is 80.8 Å². The van der Waals surface area contributed by atoms with Gasteiger partial charge in [-0.2, -0.15) is 0 Å². The van der Waals surface area contributed by atoms with Crippen molar-refractivity contribution in [2.24, 2.45) is 0 Å². The van der Waals surface area contributed by atoms with Crippen LogP contribution in [0.15, 0.2) is 0 Å². The van der Waals surface area contributed by atoms with Gasteiger partial charge in [-0.25, -0.2) is 0 Å². The van der Waals surface area contributed by atoms with Crippen LogP contribution in [0.5, 0.6) is 0 Å². The van der Waals surface area contributed by atoms with Crippen LogP contribution in [-0.4, -0.2) is 162 Å². The van der Waals surface area contributed by atoms with E-state index < -0.39 is 54.6 Å². The van der Waals surface area contributed by atoms with E-state index in [0.717, 1.165) is 0 Å². The van der Waals surface area contributed by atoms with E-state index in [1.165, 1.54) is 28.4 Å². The summed E-state index contributed by atoms with van der Waals surface area (Å²) in [7, 11) is 6.02. The van der Waals surface area contributed by atoms with Gasteiger partial charge in [-0.05, 0) is 0 Å². The molecule has 0 bridgehead atoms. The van der Waals surface area contributed by atoms with Gasteiger partial charge in [0.15, 0.2) is 18.3 Å². The maximum absolute atomic E-state index is 13.0. The summed E-state index contributed by atoms with van der Waals surface area (Å²) in [6.07, 6.45) is -2.80. The molecule has 0 saturated carbocycles. The molecule has 17 nitrogen and oxygen atoms in total. The van der Waals surface area contributed by atoms with E-state index >= 15 is 0 Å². The molecule has 48 heavy (non-hydrogen) atoms. The SMILES string of the molecule is C#C[C@@H]1OC(OC(=O)CCOCCOC)[C@H](OC(=O)CCOCCOC)[C@H](OC(=O)CCOCCOC)[C@@H]1OC(=O)CCOCCOC. The third-order valence-corrected chi connectivity index (χ3v) is 6.24. The summed E-state index contributed by atoms with van der Waals surface area (Å²) < 4.78 is 69.3. The van der Waals surface area contributed by atoms with Crippen LogP contribution in [0.3, 0.4) is 0 Å². The molecule has 1 fully saturated rings. The molecule has 5 atom stereocenters. The Kier molecular flexibility index (Phi) is 25.1. The second-order valence-electron chi connectivity index (χ2n) is 9.87. The van der Waals surface area contributed by atoms with Crippen molar-refractivity contribution in [3.05, 3.63) is 0 Å². The molecular weight excluding hydrogens is 644 g/mol. The summed E-state index contributed by atoms with van der Waals surface area (Å²) >= 11 is 0. The second-order valence-corrected chi connectivity index (χ2v) is 9.87. The smallest absolute Gasteiger partial charge is 0.310 e. The van der Waals surface area contributed by atoms with Crippen molar-refractivity contribution in [3.63, 3.8) is 0 Å². The Morgan fingerprint density at radius 2 is 0.812 bits per heavy atom. The van der Waals surface area contributed by atoms with Gasteiger partial charge in [-0.15, -0.1) is 6.42 Å². The normalized spacial score (nSPS) is 20.4. The standard InChI is InChI=1S/C31H50O17/c1-6-23-28(45-24(32)7-11-40-19-15-36-2)29(46-25(33)8-12-41-20-16-37-3)30(47-26(34)9-13-42-21-17-38-4)31(44-23)48-27(35)10-14-43-22-18-39-5/h1,23,28-31H,7-22H2,2-5H3/t23-,28+,29+,30+,31?/m0/s1. The van der Waals surface area contributed by atoms with Crippen molar-refractivity contribution in [3.8, 4) is 12.3 Å². The highest BCUT2D eigenvalue weighted by molar-refractivity contribution is 5.72. The van der Waals surface area contributed by atoms with Crippen LogP contribution in [0.25, 0.3) is 0 Å². The number of hydrogen-bond acceptors (Lipinski definition) is 17. The van der Waals surface area contributed by atoms with E-state index in [-0.39, 0.29) is 78.5 Å². The lowest BCUT2D eigenvalue weighted by Gasteiger charge is -2.42. The highest BCUT2D eigenvalue weighted by atomic mass is 16.7. The van der Waals surface area contributed by atoms with Crippen LogP contribution in [0.4, 0.5) is 0 Å². The van der Waals surface area contributed by atoms with E-state index in [9.17, 15) is 19.2 Å². The van der Waals surface area contributed by atoms with Gasteiger partial charge in [0.1, 0.15) is 0 Å². The topological polar surface area (TPSA) is 188 Å². The van der Waals surface area contributed by atoms with E-state index in [4.69, 9.17) is 68.0 Å². The van der Waals surface area contributed by atoms with E-state index in [0.29, 0.717) is 26.4 Å². The van der Waals surface area contributed by atoms with E-state index in [2.05, 4.69) is 5.92 Å². The summed E-state index contributed by atoms with van der Waals surface area (Å²) in [5, 5.41) is 0. The molecule has 0 N–H and O–H groups in total. The molecule has 0 aromatic heterocycles. The Morgan fingerprint density at radius 1 is 0.479 bits per heavy atom. The highest BCUT2D eigenvalue weighted by Gasteiger charge is 2.53. The summed E-state index contributed by atoms with van der Waals surface area (Å²) in [4.78, 5) is 51.6. The number of rotatable bonds is 28. The van der Waals surface area contributed by atoms with Crippen molar-refractivity contribution in [2.75, 3.05) is 108 Å². The predicted molar refractivity (Wildman–Crippen MR) is 162 cm³/mol. The van der Waals surface area contributed by atoms with Crippen molar-refractivity contribution in [1.82, 2.24) is 0 Å². The van der Waals surface area contributed by atoms with Crippen molar-refractivity contribution >= 4 is 23.9 Å². The Hall–Kier alpha value is -2.92. The molecule has 1 rings (SSSR count). The number of terminal acetylenes is 1. The Morgan fingerprint density at radius 3 is 1.17 bits per heavy atom. The van der Waals surface area contributed by atoms with Crippen molar-refractivity contribution in [1.29, 1.82) is 0 Å². The minimum atomic E-state index is -1.65. The third kappa shape index (κ3) is 19.2. The summed E-state index contributed by atoms with van der Waals surface area (Å²) in [6, 6.07) is 0. The third-order valence-electron chi connectivity index (χ3n) is 6.24. The Bertz CT molecular complexity index is 939. The first-order chi connectivity index (χ1) is 23.3. The van der Waals surface area contributed by atoms with Crippen LogP contribution >= 0.6 is 0 Å². The maximum atomic E-state index is 13.0. The molecule has 0 aliphatic carbocycles. The largest absolute Gasteiger partial charge is 0.454 e. The van der Waals surface area contributed by atoms with Crippen LogP contribution in [0.1, 0.15) is 25.7 Å². The quantitative estimate of drug-likeness (QED) is 0.0454. The van der Waals surface area contributed by atoms with E-state index in [1.807, 2.05) is 0 Å². The molecule has 1 heterocycles. The molecule has 1 aliphatic heterocycles. The van der Waals surface area contributed by atoms with Crippen LogP contribution < -0.4 is 0 Å². The van der Waals surface area contributed by atoms with Crippen LogP contribution in [0, 0.1) is 12.3 Å². The van der Waals surface area contributed by atoms with Gasteiger partial charge < -0.3 is 61.6 Å². The molecular formula is C31H50O17. The van der Waals surface area contributed by atoms with Gasteiger partial charge >= 0.3 is 23.9 Å². The first kappa shape index (κ1) is 43.1. The average Bonchev–Trinajstić information content (AvgIpc) is 3.06. The van der Waals surface area contributed by atoms with Crippen molar-refractivity contribution < 1.29 is 80.8 Å². The fourth-order valence-corrected chi connectivity index (χ4v) is 3.85. The molecule has 1 unspecified atom stereocenters. The van der Waals surface area contributed by atoms with Crippen LogP contribution in [0.2, 0.25) is 0 Å². The lowest BCUT2D eigenvalue weighted by Crippen LogP contribution is -2.62. The molecule has 0 amide bonds. The first-order valence-electron chi connectivity index (χ1n) is 15.5. The highest BCUT2D eigenvalue weighted by Crippen LogP contribution is 2.30. The zero-order valence-corrected chi connectivity index (χ0v) is 28.2. The fraction of sp³-hybridized carbons (Fsp3) is 0.806. The Labute approximate surface area is 281 Å². The Balaban J connectivity index is 3.24. The lowest BCUT2D eigenvalue weighted by molar-refractivity contribution is -0.288. The van der Waals surface area contributed by atoms with Crippen molar-refractivity contribution in [2.45, 2.75) is 56.4 Å². The lowest BCUT2D eigenvalue weighted by atomic mass is 9.98. The number of esters is 4. The molecule has 0 radical (unpaired) electrons. The molecule has 0 spiro atoms. The fourth-order valence-electron chi connectivity index (χ4n) is 3.85. The van der Waals surface area contributed by atoms with Gasteiger partial charge in [0.25, 0.3) is 0 Å². The number of methoxy groups -OCH3 is 4. The van der Waals surface area contributed by atoms with Gasteiger partial charge in [-0.3, -0.25) is 19.2 Å². The molecule has 276 valence electrons. The van der Waals surface area contributed by atoms with Gasteiger partial charge in [0.2, 0.25) is 12.4 Å². The first-order valence-corrected chi connectivity index (χ1v) is 15.5. The van der Waals surface area contributed by atoms with Gasteiger partial charge in [-0.1, -0.05) is 5.92 Å². The minimum absolute atomic E-state index is 0.00602. The average molecular weight is 695 g/mol. The number of hydrogen-bond donors (Lipinski definition) is 0. The molecule has 0 aromatic rings. The summed E-state index contributed by atoms with van der Waals surface area (Å²) in [6.45, 7) is 2.13. The monoisotopic (exact) mass is 694 g/mol. The van der Waals surface area contributed by atoms with E-state index in [1.54, 1.807) is 0 Å². The summed E-state index contributed by atoms with van der Waals surface area (Å²) in [5.74, 6) is -0.857. The number of carbonyl (C=O) groups excluding carboxylic acids is 4. The molecule has 1 saturated heterocycles. The molecule has 0 aromatic carbocycles. The molecule has 17 heteroatoms. The van der Waals surface area contributed by atoms with Gasteiger partial charge in [0.05, 0.1) is 105 Å². The minimum Gasteiger partial charge on any atom is -0.454 e. The number of ether oxygens (including phenoxy) is 13.